The van der Waals surface area contributed by atoms with Crippen molar-refractivity contribution < 1.29 is 4.79 Å². The number of carbonyl (C=O) groups is 1. The lowest BCUT2D eigenvalue weighted by molar-refractivity contribution is -0.137. The summed E-state index contributed by atoms with van der Waals surface area (Å²) in [6, 6.07) is 8.97. The molecule has 0 aromatic heterocycles. The first-order chi connectivity index (χ1) is 11.7. The molecule has 1 N–H and O–H groups in total. The fourth-order valence-electron chi connectivity index (χ4n) is 5.51. The predicted molar refractivity (Wildman–Crippen MR) is 96.8 cm³/mol. The van der Waals surface area contributed by atoms with Crippen LogP contribution in [0.2, 0.25) is 0 Å². The van der Waals surface area contributed by atoms with Gasteiger partial charge in [-0.15, -0.1) is 0 Å². The summed E-state index contributed by atoms with van der Waals surface area (Å²) in [6.45, 7) is 4.30. The van der Waals surface area contributed by atoms with Gasteiger partial charge in [0.25, 0.3) is 0 Å². The average molecular weight is 325 g/mol. The zero-order valence-electron chi connectivity index (χ0n) is 14.6. The Hall–Kier alpha value is -1.19. The van der Waals surface area contributed by atoms with E-state index >= 15 is 0 Å². The number of benzene rings is 1. The fraction of sp³-hybridized carbons (Fsp3) is 0.667. The third-order valence-corrected chi connectivity index (χ3v) is 7.21. The summed E-state index contributed by atoms with van der Waals surface area (Å²) in [5.74, 6) is 1.66. The van der Waals surface area contributed by atoms with E-state index in [4.69, 9.17) is 0 Å². The highest BCUT2D eigenvalue weighted by Gasteiger charge is 2.59. The van der Waals surface area contributed by atoms with Gasteiger partial charge >= 0.3 is 5.91 Å². The van der Waals surface area contributed by atoms with Crippen molar-refractivity contribution in [3.05, 3.63) is 29.8 Å². The monoisotopic (exact) mass is 325 g/mol. The SMILES string of the molecule is O=C(C1CCC1)[N+]1(CC2CC2)CC2(CCNCC2)c2ccccc21. The zero-order chi connectivity index (χ0) is 16.2. The first-order valence-corrected chi connectivity index (χ1v) is 9.96. The van der Waals surface area contributed by atoms with E-state index in [9.17, 15) is 4.79 Å². The first-order valence-electron chi connectivity index (χ1n) is 9.96. The molecular formula is C21H29N2O+. The lowest BCUT2D eigenvalue weighted by atomic mass is 9.74. The molecule has 3 heteroatoms. The highest BCUT2D eigenvalue weighted by Crippen LogP contribution is 2.53. The molecule has 2 aliphatic heterocycles. The van der Waals surface area contributed by atoms with Crippen LogP contribution in [0, 0.1) is 11.8 Å². The molecule has 2 heterocycles. The van der Waals surface area contributed by atoms with Crippen molar-refractivity contribution in [2.24, 2.45) is 11.8 Å². The Balaban J connectivity index is 1.62. The molecule has 2 aliphatic carbocycles. The maximum atomic E-state index is 13.7. The van der Waals surface area contributed by atoms with Crippen molar-refractivity contribution in [3.63, 3.8) is 0 Å². The standard InChI is InChI=1S/C21H29N2O/c24-20(17-4-3-5-17)23(14-16-8-9-16)15-21(10-12-22-13-11-21)18-6-1-2-7-19(18)23/h1-2,6-7,16-17,22H,3-5,8-15H2/q+1. The van der Waals surface area contributed by atoms with Crippen LogP contribution < -0.4 is 9.80 Å². The molecule has 1 unspecified atom stereocenters. The number of nitrogens with one attached hydrogen (secondary N) is 1. The van der Waals surface area contributed by atoms with Gasteiger partial charge in [-0.3, -0.25) is 0 Å². The Morgan fingerprint density at radius 3 is 2.54 bits per heavy atom. The van der Waals surface area contributed by atoms with Crippen LogP contribution in [0.4, 0.5) is 5.69 Å². The predicted octanol–water partition coefficient (Wildman–Crippen LogP) is 3.37. The van der Waals surface area contributed by atoms with Crippen molar-refractivity contribution >= 4 is 11.6 Å². The van der Waals surface area contributed by atoms with E-state index in [-0.39, 0.29) is 5.41 Å². The quantitative estimate of drug-likeness (QED) is 0.864. The molecular weight excluding hydrogens is 296 g/mol. The molecule has 1 saturated heterocycles. The fourth-order valence-corrected chi connectivity index (χ4v) is 5.51. The van der Waals surface area contributed by atoms with Gasteiger partial charge in [-0.25, -0.2) is 9.28 Å². The van der Waals surface area contributed by atoms with Gasteiger partial charge in [0.1, 0.15) is 12.2 Å². The zero-order valence-corrected chi connectivity index (χ0v) is 14.6. The summed E-state index contributed by atoms with van der Waals surface area (Å²) >= 11 is 0. The number of amides is 1. The van der Waals surface area contributed by atoms with E-state index in [2.05, 4.69) is 29.6 Å². The minimum atomic E-state index is 0.232. The number of fused-ring (bicyclic) bond motifs is 2. The van der Waals surface area contributed by atoms with Gasteiger partial charge < -0.3 is 5.32 Å². The van der Waals surface area contributed by atoms with Crippen molar-refractivity contribution in [2.45, 2.75) is 50.4 Å². The van der Waals surface area contributed by atoms with E-state index in [1.54, 1.807) is 0 Å². The topological polar surface area (TPSA) is 29.1 Å². The summed E-state index contributed by atoms with van der Waals surface area (Å²) < 4.78 is 0.686. The lowest BCUT2D eigenvalue weighted by Crippen LogP contribution is -2.60. The second kappa shape index (κ2) is 5.40. The highest BCUT2D eigenvalue weighted by molar-refractivity contribution is 5.93. The van der Waals surface area contributed by atoms with Crippen LogP contribution >= 0.6 is 0 Å². The van der Waals surface area contributed by atoms with Gasteiger partial charge in [-0.2, -0.15) is 0 Å². The number of para-hydroxylation sites is 1. The number of piperidine rings is 1. The van der Waals surface area contributed by atoms with Crippen LogP contribution in [0.25, 0.3) is 0 Å². The molecule has 128 valence electrons. The van der Waals surface area contributed by atoms with Gasteiger partial charge in [0.15, 0.2) is 0 Å². The Morgan fingerprint density at radius 1 is 1.12 bits per heavy atom. The van der Waals surface area contributed by atoms with Gasteiger partial charge in [-0.05, 0) is 57.7 Å². The van der Waals surface area contributed by atoms with Crippen molar-refractivity contribution in [1.29, 1.82) is 0 Å². The Kier molecular flexibility index (Phi) is 3.40. The largest absolute Gasteiger partial charge is 0.321 e. The van der Waals surface area contributed by atoms with Crippen LogP contribution in [0.3, 0.4) is 0 Å². The van der Waals surface area contributed by atoms with Crippen LogP contribution in [0.15, 0.2) is 24.3 Å². The van der Waals surface area contributed by atoms with Crippen molar-refractivity contribution in [2.75, 3.05) is 26.2 Å². The molecule has 0 radical (unpaired) electrons. The minimum Gasteiger partial charge on any atom is -0.317 e. The Morgan fingerprint density at radius 2 is 1.88 bits per heavy atom. The molecule has 4 aliphatic rings. The van der Waals surface area contributed by atoms with Crippen LogP contribution in [-0.2, 0) is 10.2 Å². The van der Waals surface area contributed by atoms with E-state index in [1.807, 2.05) is 0 Å². The maximum Gasteiger partial charge on any atom is 0.321 e. The number of nitrogens with zero attached hydrogens (tertiary/aromatic N) is 1. The molecule has 1 amide bonds. The second-order valence-electron chi connectivity index (χ2n) is 8.77. The molecule has 0 bridgehead atoms. The van der Waals surface area contributed by atoms with Crippen LogP contribution in [0.1, 0.15) is 50.5 Å². The molecule has 1 spiro atoms. The first kappa shape index (κ1) is 15.1. The van der Waals surface area contributed by atoms with Gasteiger partial charge in [0.05, 0.1) is 17.9 Å². The third kappa shape index (κ3) is 2.14. The summed E-state index contributed by atoms with van der Waals surface area (Å²) in [7, 11) is 0. The molecule has 1 aromatic rings. The summed E-state index contributed by atoms with van der Waals surface area (Å²) in [5, 5.41) is 3.53. The number of rotatable bonds is 3. The highest BCUT2D eigenvalue weighted by atomic mass is 16.2. The number of carbonyl (C=O) groups excluding carboxylic acids is 1. The number of hydrogen-bond donors (Lipinski definition) is 1. The van der Waals surface area contributed by atoms with E-state index in [0.29, 0.717) is 16.3 Å². The Bertz CT molecular complexity index is 656. The molecule has 2 saturated carbocycles. The van der Waals surface area contributed by atoms with Gasteiger partial charge in [0.2, 0.25) is 0 Å². The minimum absolute atomic E-state index is 0.232. The molecule has 1 atom stereocenters. The summed E-state index contributed by atoms with van der Waals surface area (Å²) in [4.78, 5) is 13.7. The molecule has 1 aromatic carbocycles. The molecule has 24 heavy (non-hydrogen) atoms. The Labute approximate surface area is 145 Å². The summed E-state index contributed by atoms with van der Waals surface area (Å²) in [5.41, 5.74) is 3.10. The van der Waals surface area contributed by atoms with E-state index < -0.39 is 0 Å². The lowest BCUT2D eigenvalue weighted by Gasteiger charge is -2.40. The van der Waals surface area contributed by atoms with Gasteiger partial charge in [-0.1, -0.05) is 24.6 Å². The normalized spacial score (nSPS) is 31.7. The maximum absolute atomic E-state index is 13.7. The second-order valence-corrected chi connectivity index (χ2v) is 8.77. The van der Waals surface area contributed by atoms with Gasteiger partial charge in [0, 0.05) is 11.5 Å². The third-order valence-electron chi connectivity index (χ3n) is 7.21. The van der Waals surface area contributed by atoms with E-state index in [1.165, 1.54) is 43.4 Å². The average Bonchev–Trinajstić information content (AvgIpc) is 3.33. The van der Waals surface area contributed by atoms with E-state index in [0.717, 1.165) is 44.9 Å². The van der Waals surface area contributed by atoms with Crippen molar-refractivity contribution in [1.82, 2.24) is 9.80 Å². The summed E-state index contributed by atoms with van der Waals surface area (Å²) in [6.07, 6.45) is 8.53. The number of quaternary nitrogens is 1. The van der Waals surface area contributed by atoms with Crippen LogP contribution in [0.5, 0.6) is 0 Å². The smallest absolute Gasteiger partial charge is 0.317 e. The van der Waals surface area contributed by atoms with Crippen molar-refractivity contribution in [3.8, 4) is 0 Å². The molecule has 5 rings (SSSR count). The number of hydrogen-bond acceptors (Lipinski definition) is 2. The van der Waals surface area contributed by atoms with Crippen LogP contribution in [-0.4, -0.2) is 32.1 Å². The molecule has 3 nitrogen and oxygen atoms in total. The molecule has 3 fully saturated rings.